The van der Waals surface area contributed by atoms with Gasteiger partial charge in [-0.25, -0.2) is 4.79 Å². The van der Waals surface area contributed by atoms with Gasteiger partial charge in [0, 0.05) is 12.1 Å². The van der Waals surface area contributed by atoms with Crippen LogP contribution < -0.4 is 10.6 Å². The van der Waals surface area contributed by atoms with Crippen molar-refractivity contribution in [2.45, 2.75) is 37.8 Å². The normalized spacial score (nSPS) is 31.3. The highest BCUT2D eigenvalue weighted by Gasteiger charge is 2.33. The van der Waals surface area contributed by atoms with Gasteiger partial charge in [-0.3, -0.25) is 4.79 Å². The van der Waals surface area contributed by atoms with E-state index in [1.54, 1.807) is 0 Å². The molecule has 2 fully saturated rings. The van der Waals surface area contributed by atoms with Crippen LogP contribution in [0.2, 0.25) is 0 Å². The summed E-state index contributed by atoms with van der Waals surface area (Å²) in [6.07, 6.45) is 5.56. The summed E-state index contributed by atoms with van der Waals surface area (Å²) in [7, 11) is 1.30. The van der Waals surface area contributed by atoms with E-state index >= 15 is 0 Å². The highest BCUT2D eigenvalue weighted by atomic mass is 16.5. The minimum atomic E-state index is -0.507. The summed E-state index contributed by atoms with van der Waals surface area (Å²) in [6, 6.07) is 0.457. The van der Waals surface area contributed by atoms with E-state index in [4.69, 9.17) is 0 Å². The predicted molar refractivity (Wildman–Crippen MR) is 57.4 cm³/mol. The van der Waals surface area contributed by atoms with Gasteiger partial charge in [-0.2, -0.15) is 0 Å². The molecule has 2 aliphatic rings. The number of methoxy groups -OCH3 is 1. The van der Waals surface area contributed by atoms with Crippen molar-refractivity contribution >= 4 is 11.9 Å². The summed E-state index contributed by atoms with van der Waals surface area (Å²) in [4.78, 5) is 22.7. The molecule has 5 heteroatoms. The zero-order chi connectivity index (χ0) is 11.5. The molecule has 0 unspecified atom stereocenters. The largest absolute Gasteiger partial charge is 0.466 e. The Morgan fingerprint density at radius 1 is 1.31 bits per heavy atom. The Hall–Kier alpha value is -1.52. The van der Waals surface area contributed by atoms with Crippen molar-refractivity contribution in [2.75, 3.05) is 7.11 Å². The summed E-state index contributed by atoms with van der Waals surface area (Å²) in [5.74, 6) is -0.722. The molecule has 2 rings (SSSR count). The number of hydrogen-bond acceptors (Lipinski definition) is 4. The van der Waals surface area contributed by atoms with E-state index in [0.29, 0.717) is 5.70 Å². The predicted octanol–water partition coefficient (Wildman–Crippen LogP) is 0.0739. The Kier molecular flexibility index (Phi) is 3.12. The quantitative estimate of drug-likeness (QED) is 0.489. The lowest BCUT2D eigenvalue weighted by Gasteiger charge is -2.38. The number of carbonyl (C=O) groups excluding carboxylic acids is 2. The van der Waals surface area contributed by atoms with Crippen molar-refractivity contribution in [3.8, 4) is 0 Å². The van der Waals surface area contributed by atoms with Crippen LogP contribution in [0, 0.1) is 0 Å². The highest BCUT2D eigenvalue weighted by Crippen LogP contribution is 2.22. The van der Waals surface area contributed by atoms with Crippen molar-refractivity contribution in [3.05, 3.63) is 11.8 Å². The molecule has 0 aromatic carbocycles. The fraction of sp³-hybridized carbons (Fsp3) is 0.636. The molecule has 0 bridgehead atoms. The van der Waals surface area contributed by atoms with Crippen LogP contribution >= 0.6 is 0 Å². The molecule has 2 atom stereocenters. The van der Waals surface area contributed by atoms with Gasteiger partial charge in [0.05, 0.1) is 13.2 Å². The first-order valence-electron chi connectivity index (χ1n) is 5.58. The standard InChI is InChI=1S/C11H16N2O3/c1-16-10(14)6-9-11(15)13-8-5-3-2-4-7(8)12-9/h6-8,12H,2-5H2,1H3,(H,13,15)/t7-,8-/m1/s1. The molecule has 16 heavy (non-hydrogen) atoms. The second-order valence-corrected chi connectivity index (χ2v) is 4.20. The molecule has 1 amide bonds. The van der Waals surface area contributed by atoms with Crippen molar-refractivity contribution in [1.82, 2.24) is 10.6 Å². The molecule has 2 N–H and O–H groups in total. The molecular weight excluding hydrogens is 208 g/mol. The van der Waals surface area contributed by atoms with Crippen LogP contribution in [0.15, 0.2) is 11.8 Å². The Labute approximate surface area is 94.2 Å². The molecule has 1 heterocycles. The summed E-state index contributed by atoms with van der Waals surface area (Å²) in [6.45, 7) is 0. The van der Waals surface area contributed by atoms with Crippen molar-refractivity contribution in [3.63, 3.8) is 0 Å². The first-order chi connectivity index (χ1) is 7.70. The van der Waals surface area contributed by atoms with E-state index in [9.17, 15) is 9.59 Å². The van der Waals surface area contributed by atoms with Gasteiger partial charge in [0.1, 0.15) is 5.70 Å². The van der Waals surface area contributed by atoms with Crippen LogP contribution in [-0.4, -0.2) is 31.1 Å². The third kappa shape index (κ3) is 2.18. The molecule has 0 aromatic heterocycles. The number of carbonyl (C=O) groups is 2. The lowest BCUT2D eigenvalue weighted by molar-refractivity contribution is -0.135. The smallest absolute Gasteiger partial charge is 0.332 e. The van der Waals surface area contributed by atoms with Gasteiger partial charge in [-0.05, 0) is 12.8 Å². The topological polar surface area (TPSA) is 67.4 Å². The molecule has 0 aromatic rings. The molecule has 0 spiro atoms. The first kappa shape index (κ1) is 11.0. The van der Waals surface area contributed by atoms with Crippen LogP contribution in [0.5, 0.6) is 0 Å². The van der Waals surface area contributed by atoms with Crippen LogP contribution in [0.25, 0.3) is 0 Å². The first-order valence-corrected chi connectivity index (χ1v) is 5.58. The second-order valence-electron chi connectivity index (χ2n) is 4.20. The average molecular weight is 224 g/mol. The summed E-state index contributed by atoms with van der Waals surface area (Å²) in [5, 5.41) is 6.04. The molecule has 5 nitrogen and oxygen atoms in total. The van der Waals surface area contributed by atoms with Crippen LogP contribution in [0.3, 0.4) is 0 Å². The average Bonchev–Trinajstić information content (AvgIpc) is 2.30. The third-order valence-corrected chi connectivity index (χ3v) is 3.13. The van der Waals surface area contributed by atoms with Gasteiger partial charge in [-0.15, -0.1) is 0 Å². The van der Waals surface area contributed by atoms with Gasteiger partial charge >= 0.3 is 5.97 Å². The zero-order valence-electron chi connectivity index (χ0n) is 9.29. The lowest BCUT2D eigenvalue weighted by atomic mass is 9.88. The highest BCUT2D eigenvalue weighted by molar-refractivity contribution is 5.99. The third-order valence-electron chi connectivity index (χ3n) is 3.13. The molecule has 1 saturated carbocycles. The lowest BCUT2D eigenvalue weighted by Crippen LogP contribution is -2.58. The van der Waals surface area contributed by atoms with Gasteiger partial charge in [0.25, 0.3) is 5.91 Å². The second kappa shape index (κ2) is 4.55. The van der Waals surface area contributed by atoms with Crippen molar-refractivity contribution < 1.29 is 14.3 Å². The van der Waals surface area contributed by atoms with E-state index < -0.39 is 5.97 Å². The van der Waals surface area contributed by atoms with Gasteiger partial charge in [-0.1, -0.05) is 12.8 Å². The number of ether oxygens (including phenoxy) is 1. The Bertz CT molecular complexity index is 338. The number of esters is 1. The summed E-state index contributed by atoms with van der Waals surface area (Å²) < 4.78 is 4.50. The Morgan fingerprint density at radius 2 is 1.94 bits per heavy atom. The molecule has 1 aliphatic carbocycles. The van der Waals surface area contributed by atoms with Crippen LogP contribution in [-0.2, 0) is 14.3 Å². The fourth-order valence-electron chi connectivity index (χ4n) is 2.27. The van der Waals surface area contributed by atoms with Crippen LogP contribution in [0.4, 0.5) is 0 Å². The molecule has 88 valence electrons. The van der Waals surface area contributed by atoms with Crippen molar-refractivity contribution in [1.29, 1.82) is 0 Å². The number of rotatable bonds is 1. The van der Waals surface area contributed by atoms with Crippen molar-refractivity contribution in [2.24, 2.45) is 0 Å². The number of nitrogens with one attached hydrogen (secondary N) is 2. The molecule has 0 radical (unpaired) electrons. The van der Waals surface area contributed by atoms with Gasteiger partial charge in [0.2, 0.25) is 0 Å². The molecular formula is C11H16N2O3. The number of fused-ring (bicyclic) bond motifs is 1. The maximum absolute atomic E-state index is 11.7. The SMILES string of the molecule is COC(=O)C=C1N[C@@H]2CCCC[C@H]2NC1=O. The van der Waals surface area contributed by atoms with E-state index in [-0.39, 0.29) is 18.0 Å². The number of piperazine rings is 1. The van der Waals surface area contributed by atoms with E-state index in [1.165, 1.54) is 13.2 Å². The van der Waals surface area contributed by atoms with E-state index in [0.717, 1.165) is 25.7 Å². The molecule has 1 aliphatic heterocycles. The van der Waals surface area contributed by atoms with Gasteiger partial charge in [0.15, 0.2) is 0 Å². The maximum Gasteiger partial charge on any atom is 0.332 e. The number of amides is 1. The minimum Gasteiger partial charge on any atom is -0.466 e. The molecule has 1 saturated heterocycles. The summed E-state index contributed by atoms with van der Waals surface area (Å²) in [5.41, 5.74) is 0.315. The number of hydrogen-bond donors (Lipinski definition) is 2. The minimum absolute atomic E-state index is 0.205. The van der Waals surface area contributed by atoms with E-state index in [1.807, 2.05) is 0 Å². The fourth-order valence-corrected chi connectivity index (χ4v) is 2.27. The maximum atomic E-state index is 11.7. The monoisotopic (exact) mass is 224 g/mol. The van der Waals surface area contributed by atoms with E-state index in [2.05, 4.69) is 15.4 Å². The Morgan fingerprint density at radius 3 is 2.56 bits per heavy atom. The van der Waals surface area contributed by atoms with Gasteiger partial charge < -0.3 is 15.4 Å². The summed E-state index contributed by atoms with van der Waals surface area (Å²) >= 11 is 0. The zero-order valence-corrected chi connectivity index (χ0v) is 9.29. The Balaban J connectivity index is 2.08. The van der Waals surface area contributed by atoms with Crippen LogP contribution in [0.1, 0.15) is 25.7 Å².